The second kappa shape index (κ2) is 5.46. The first kappa shape index (κ1) is 15.9. The molecule has 126 valence electrons. The van der Waals surface area contributed by atoms with Gasteiger partial charge in [0.25, 0.3) is 0 Å². The van der Waals surface area contributed by atoms with Crippen LogP contribution in [0.1, 0.15) is 26.2 Å². The number of halogens is 2. The summed E-state index contributed by atoms with van der Waals surface area (Å²) in [5.74, 6) is 0.994. The Morgan fingerprint density at radius 3 is 2.33 bits per heavy atom. The quantitative estimate of drug-likeness (QED) is 0.842. The summed E-state index contributed by atoms with van der Waals surface area (Å²) >= 11 is 12.3. The zero-order valence-corrected chi connectivity index (χ0v) is 14.9. The van der Waals surface area contributed by atoms with Crippen LogP contribution in [0.15, 0.2) is 24.3 Å². The Kier molecular flexibility index (Phi) is 3.62. The monoisotopic (exact) mass is 364 g/mol. The van der Waals surface area contributed by atoms with Crippen molar-refractivity contribution in [2.45, 2.75) is 30.5 Å². The molecule has 7 heteroatoms. The van der Waals surface area contributed by atoms with Crippen molar-refractivity contribution in [1.29, 1.82) is 0 Å². The van der Waals surface area contributed by atoms with Crippen molar-refractivity contribution in [3.05, 3.63) is 24.3 Å². The summed E-state index contributed by atoms with van der Waals surface area (Å²) in [6.07, 6.45) is 2.67. The highest BCUT2D eigenvalue weighted by Crippen LogP contribution is 2.64. The van der Waals surface area contributed by atoms with Crippen LogP contribution in [0.3, 0.4) is 0 Å². The van der Waals surface area contributed by atoms with E-state index in [0.717, 1.165) is 42.8 Å². The average molecular weight is 365 g/mol. The van der Waals surface area contributed by atoms with Crippen molar-refractivity contribution < 1.29 is 4.79 Å². The number of benzene rings is 1. The van der Waals surface area contributed by atoms with Crippen molar-refractivity contribution in [3.63, 3.8) is 0 Å². The summed E-state index contributed by atoms with van der Waals surface area (Å²) in [5.41, 5.74) is 0.782. The van der Waals surface area contributed by atoms with Crippen molar-refractivity contribution in [2.75, 3.05) is 23.3 Å². The van der Waals surface area contributed by atoms with E-state index < -0.39 is 9.75 Å². The Morgan fingerprint density at radius 1 is 1.17 bits per heavy atom. The molecule has 1 N–H and O–H groups in total. The predicted molar refractivity (Wildman–Crippen MR) is 96.8 cm³/mol. The maximum absolute atomic E-state index is 12.6. The van der Waals surface area contributed by atoms with Gasteiger partial charge in [-0.05, 0) is 38.3 Å². The number of anilines is 2. The minimum atomic E-state index is -1.00. The molecule has 5 nitrogen and oxygen atoms in total. The zero-order valence-electron chi connectivity index (χ0n) is 13.4. The van der Waals surface area contributed by atoms with E-state index in [0.29, 0.717) is 12.2 Å². The molecule has 2 heterocycles. The van der Waals surface area contributed by atoms with Gasteiger partial charge in [0.1, 0.15) is 4.33 Å². The molecule has 0 unspecified atom stereocenters. The van der Waals surface area contributed by atoms with Crippen molar-refractivity contribution >= 4 is 51.8 Å². The van der Waals surface area contributed by atoms with Gasteiger partial charge in [-0.15, -0.1) is 23.2 Å². The van der Waals surface area contributed by atoms with E-state index in [1.54, 1.807) is 6.92 Å². The standard InChI is InChI=1S/C17H18Cl2N4O/c1-16(10-17(16,18)19)15(24)22-13-14(23-8-4-5-9-23)21-12-7-3-2-6-11(12)20-13/h2-3,6-7H,4-5,8-10H2,1H3,(H,20,22,24)/t16-/m0/s1. The molecule has 4 rings (SSSR count). The predicted octanol–water partition coefficient (Wildman–Crippen LogP) is 3.75. The van der Waals surface area contributed by atoms with E-state index in [1.165, 1.54) is 0 Å². The van der Waals surface area contributed by atoms with Gasteiger partial charge in [-0.2, -0.15) is 0 Å². The van der Waals surface area contributed by atoms with E-state index in [4.69, 9.17) is 28.2 Å². The summed E-state index contributed by atoms with van der Waals surface area (Å²) < 4.78 is -1.00. The largest absolute Gasteiger partial charge is 0.354 e. The number of alkyl halides is 2. The molecule has 1 aliphatic heterocycles. The molecule has 24 heavy (non-hydrogen) atoms. The number of para-hydroxylation sites is 2. The van der Waals surface area contributed by atoms with Gasteiger partial charge in [0.15, 0.2) is 11.6 Å². The normalized spacial score (nSPS) is 25.0. The molecule has 1 saturated heterocycles. The van der Waals surface area contributed by atoms with Crippen molar-refractivity contribution in [3.8, 4) is 0 Å². The number of amides is 1. The number of hydrogen-bond donors (Lipinski definition) is 1. The van der Waals surface area contributed by atoms with Gasteiger partial charge in [0.05, 0.1) is 16.4 Å². The minimum absolute atomic E-state index is 0.211. The molecule has 2 fully saturated rings. The minimum Gasteiger partial charge on any atom is -0.354 e. The molecule has 1 amide bonds. The van der Waals surface area contributed by atoms with Crippen LogP contribution in [0.5, 0.6) is 0 Å². The molecule has 2 aromatic rings. The fourth-order valence-electron chi connectivity index (χ4n) is 3.12. The van der Waals surface area contributed by atoms with Gasteiger partial charge in [0.2, 0.25) is 5.91 Å². The van der Waals surface area contributed by atoms with E-state index >= 15 is 0 Å². The van der Waals surface area contributed by atoms with Gasteiger partial charge >= 0.3 is 0 Å². The van der Waals surface area contributed by atoms with Crippen LogP contribution in [0.4, 0.5) is 11.6 Å². The summed E-state index contributed by atoms with van der Waals surface area (Å²) in [6.45, 7) is 3.61. The Morgan fingerprint density at radius 2 is 1.75 bits per heavy atom. The van der Waals surface area contributed by atoms with E-state index in [9.17, 15) is 4.79 Å². The summed E-state index contributed by atoms with van der Waals surface area (Å²) in [5, 5.41) is 2.91. The van der Waals surface area contributed by atoms with Gasteiger partial charge in [-0.1, -0.05) is 12.1 Å². The van der Waals surface area contributed by atoms with Gasteiger partial charge in [-0.25, -0.2) is 9.97 Å². The first-order valence-corrected chi connectivity index (χ1v) is 8.87. The number of aromatic nitrogens is 2. The molecule has 1 saturated carbocycles. The van der Waals surface area contributed by atoms with Crippen molar-refractivity contribution in [2.24, 2.45) is 5.41 Å². The summed E-state index contributed by atoms with van der Waals surface area (Å²) in [7, 11) is 0. The molecule has 1 atom stereocenters. The second-order valence-electron chi connectivity index (χ2n) is 6.75. The second-order valence-corrected chi connectivity index (χ2v) is 8.23. The number of carbonyl (C=O) groups excluding carboxylic acids is 1. The van der Waals surface area contributed by atoms with Gasteiger partial charge < -0.3 is 10.2 Å². The highest BCUT2D eigenvalue weighted by Gasteiger charge is 2.68. The third kappa shape index (κ3) is 2.50. The first-order chi connectivity index (χ1) is 11.4. The molecule has 0 bridgehead atoms. The number of nitrogens with one attached hydrogen (secondary N) is 1. The van der Waals surface area contributed by atoms with Crippen LogP contribution < -0.4 is 10.2 Å². The molecule has 2 aliphatic rings. The number of carbonyl (C=O) groups is 1. The molecule has 1 aromatic carbocycles. The molecule has 0 radical (unpaired) electrons. The van der Waals surface area contributed by atoms with Crippen LogP contribution in [-0.2, 0) is 4.79 Å². The Hall–Kier alpha value is -1.59. The van der Waals surface area contributed by atoms with Crippen LogP contribution in [0, 0.1) is 5.41 Å². The zero-order chi connectivity index (χ0) is 16.9. The lowest BCUT2D eigenvalue weighted by molar-refractivity contribution is -0.120. The molecule has 1 aromatic heterocycles. The van der Waals surface area contributed by atoms with E-state index in [2.05, 4.69) is 15.2 Å². The molecule has 1 aliphatic carbocycles. The van der Waals surface area contributed by atoms with Gasteiger partial charge in [-0.3, -0.25) is 4.79 Å². The van der Waals surface area contributed by atoms with Crippen LogP contribution >= 0.6 is 23.2 Å². The molecular weight excluding hydrogens is 347 g/mol. The third-order valence-corrected chi connectivity index (χ3v) is 6.05. The lowest BCUT2D eigenvalue weighted by Gasteiger charge is -2.21. The Balaban J connectivity index is 1.72. The number of hydrogen-bond acceptors (Lipinski definition) is 4. The number of rotatable bonds is 3. The maximum atomic E-state index is 12.6. The molecule has 0 spiro atoms. The van der Waals surface area contributed by atoms with E-state index in [1.807, 2.05) is 24.3 Å². The van der Waals surface area contributed by atoms with E-state index in [-0.39, 0.29) is 5.91 Å². The van der Waals surface area contributed by atoms with Crippen LogP contribution in [-0.4, -0.2) is 33.3 Å². The van der Waals surface area contributed by atoms with Gasteiger partial charge in [0, 0.05) is 13.1 Å². The fourth-order valence-corrected chi connectivity index (χ4v) is 3.82. The number of nitrogens with zero attached hydrogens (tertiary/aromatic N) is 3. The van der Waals surface area contributed by atoms with Crippen LogP contribution in [0.2, 0.25) is 0 Å². The highest BCUT2D eigenvalue weighted by atomic mass is 35.5. The Bertz CT molecular complexity index is 819. The third-order valence-electron chi connectivity index (χ3n) is 4.95. The Labute approximate surface area is 150 Å². The fraction of sp³-hybridized carbons (Fsp3) is 0.471. The number of fused-ring (bicyclic) bond motifs is 1. The summed E-state index contributed by atoms with van der Waals surface area (Å²) in [6, 6.07) is 7.66. The van der Waals surface area contributed by atoms with Crippen molar-refractivity contribution in [1.82, 2.24) is 9.97 Å². The lowest BCUT2D eigenvalue weighted by Crippen LogP contribution is -2.29. The SMILES string of the molecule is C[C@@]1(C(=O)Nc2nc3ccccc3nc2N2CCCC2)CC1(Cl)Cl. The highest BCUT2D eigenvalue weighted by molar-refractivity contribution is 6.53. The van der Waals surface area contributed by atoms with Crippen LogP contribution in [0.25, 0.3) is 11.0 Å². The summed E-state index contributed by atoms with van der Waals surface area (Å²) in [4.78, 5) is 24.2. The topological polar surface area (TPSA) is 58.1 Å². The maximum Gasteiger partial charge on any atom is 0.234 e. The molecular formula is C17H18Cl2N4O. The average Bonchev–Trinajstić information content (AvgIpc) is 2.94. The lowest BCUT2D eigenvalue weighted by atomic mass is 10.1. The first-order valence-electron chi connectivity index (χ1n) is 8.12. The smallest absolute Gasteiger partial charge is 0.234 e.